The van der Waals surface area contributed by atoms with Gasteiger partial charge in [-0.25, -0.2) is 0 Å². The molecule has 0 aliphatic carbocycles. The maximum Gasteiger partial charge on any atom is 0.249 e. The second-order valence-electron chi connectivity index (χ2n) is 6.42. The van der Waals surface area contributed by atoms with E-state index in [9.17, 15) is 9.59 Å². The fourth-order valence-corrected chi connectivity index (χ4v) is 3.27. The Balaban J connectivity index is 1.51. The predicted octanol–water partition coefficient (Wildman–Crippen LogP) is 2.71. The first kappa shape index (κ1) is 17.1. The molecule has 5 nitrogen and oxygen atoms in total. The zero-order chi connectivity index (χ0) is 17.6. The number of rotatable bonds is 6. The number of carbonyl (C=O) groups is 2. The molecule has 25 heavy (non-hydrogen) atoms. The Hall–Kier alpha value is -2.69. The Morgan fingerprint density at radius 2 is 1.96 bits per heavy atom. The summed E-state index contributed by atoms with van der Waals surface area (Å²) in [5, 5.41) is 2.89. The third-order valence-corrected chi connectivity index (χ3v) is 4.49. The fourth-order valence-electron chi connectivity index (χ4n) is 3.27. The molecule has 1 aliphatic heterocycles. The van der Waals surface area contributed by atoms with Gasteiger partial charge in [0.2, 0.25) is 11.8 Å². The molecular formula is C20H23N3O2. The standard InChI is InChI=1S/C20H23N3O2/c1-15-14-18(20(25)23(15)17-10-3-2-4-11-17)22-19(24)12-7-9-16-8-5-6-13-21-16/h2-6,8,10-11,13,15,18H,7,9,12,14H2,1H3,(H,22,24)/t15-,18+/m0/s1. The average Bonchev–Trinajstić information content (AvgIpc) is 2.90. The summed E-state index contributed by atoms with van der Waals surface area (Å²) >= 11 is 0. The summed E-state index contributed by atoms with van der Waals surface area (Å²) in [5.74, 6) is -0.104. The molecule has 0 radical (unpaired) electrons. The topological polar surface area (TPSA) is 62.3 Å². The molecule has 2 amide bonds. The molecule has 1 saturated heterocycles. The fraction of sp³-hybridized carbons (Fsp3) is 0.350. The molecule has 2 aromatic rings. The molecule has 1 N–H and O–H groups in total. The molecular weight excluding hydrogens is 314 g/mol. The van der Waals surface area contributed by atoms with Crippen LogP contribution in [-0.2, 0) is 16.0 Å². The molecule has 1 aromatic heterocycles. The van der Waals surface area contributed by atoms with Gasteiger partial charge < -0.3 is 10.2 Å². The number of nitrogens with one attached hydrogen (secondary N) is 1. The average molecular weight is 337 g/mol. The molecule has 0 saturated carbocycles. The number of benzene rings is 1. The summed E-state index contributed by atoms with van der Waals surface area (Å²) < 4.78 is 0. The summed E-state index contributed by atoms with van der Waals surface area (Å²) in [6.45, 7) is 2.01. The van der Waals surface area contributed by atoms with Gasteiger partial charge in [0.05, 0.1) is 0 Å². The van der Waals surface area contributed by atoms with Crippen LogP contribution in [0.2, 0.25) is 0 Å². The molecule has 0 unspecified atom stereocenters. The third-order valence-electron chi connectivity index (χ3n) is 4.49. The Bertz CT molecular complexity index is 718. The van der Waals surface area contributed by atoms with Crippen LogP contribution in [0, 0.1) is 0 Å². The van der Waals surface area contributed by atoms with Crippen molar-refractivity contribution in [1.82, 2.24) is 10.3 Å². The van der Waals surface area contributed by atoms with Crippen LogP contribution in [0.5, 0.6) is 0 Å². The van der Waals surface area contributed by atoms with E-state index in [0.717, 1.165) is 24.2 Å². The molecule has 130 valence electrons. The van der Waals surface area contributed by atoms with Gasteiger partial charge in [0.15, 0.2) is 0 Å². The van der Waals surface area contributed by atoms with Gasteiger partial charge in [0.1, 0.15) is 6.04 Å². The van der Waals surface area contributed by atoms with E-state index in [0.29, 0.717) is 12.8 Å². The van der Waals surface area contributed by atoms with Crippen molar-refractivity contribution in [1.29, 1.82) is 0 Å². The number of aryl methyl sites for hydroxylation is 1. The smallest absolute Gasteiger partial charge is 0.249 e. The normalized spacial score (nSPS) is 19.9. The van der Waals surface area contributed by atoms with E-state index < -0.39 is 6.04 Å². The summed E-state index contributed by atoms with van der Waals surface area (Å²) in [5.41, 5.74) is 1.86. The van der Waals surface area contributed by atoms with Crippen LogP contribution in [0.3, 0.4) is 0 Å². The van der Waals surface area contributed by atoms with Crippen LogP contribution in [-0.4, -0.2) is 28.9 Å². The van der Waals surface area contributed by atoms with Crippen molar-refractivity contribution in [3.63, 3.8) is 0 Å². The van der Waals surface area contributed by atoms with Gasteiger partial charge in [-0.3, -0.25) is 14.6 Å². The molecule has 2 atom stereocenters. The number of amides is 2. The number of carbonyl (C=O) groups excluding carboxylic acids is 2. The van der Waals surface area contributed by atoms with Crippen LogP contribution in [0.4, 0.5) is 5.69 Å². The van der Waals surface area contributed by atoms with Crippen molar-refractivity contribution in [3.8, 4) is 0 Å². The van der Waals surface area contributed by atoms with Crippen LogP contribution < -0.4 is 10.2 Å². The van der Waals surface area contributed by atoms with Crippen molar-refractivity contribution < 1.29 is 9.59 Å². The second-order valence-corrected chi connectivity index (χ2v) is 6.42. The number of para-hydroxylation sites is 1. The molecule has 0 spiro atoms. The predicted molar refractivity (Wildman–Crippen MR) is 97.1 cm³/mol. The lowest BCUT2D eigenvalue weighted by Crippen LogP contribution is -2.41. The van der Waals surface area contributed by atoms with Gasteiger partial charge in [-0.05, 0) is 50.5 Å². The number of nitrogens with zero attached hydrogens (tertiary/aromatic N) is 2. The lowest BCUT2D eigenvalue weighted by atomic mass is 10.1. The molecule has 1 aromatic carbocycles. The van der Waals surface area contributed by atoms with Gasteiger partial charge in [0.25, 0.3) is 0 Å². The van der Waals surface area contributed by atoms with Crippen molar-refractivity contribution in [3.05, 3.63) is 60.4 Å². The number of aromatic nitrogens is 1. The molecule has 5 heteroatoms. The van der Waals surface area contributed by atoms with E-state index in [1.807, 2.05) is 55.5 Å². The monoisotopic (exact) mass is 337 g/mol. The Morgan fingerprint density at radius 1 is 1.20 bits per heavy atom. The third kappa shape index (κ3) is 4.24. The van der Waals surface area contributed by atoms with Gasteiger partial charge in [-0.15, -0.1) is 0 Å². The number of anilines is 1. The summed E-state index contributed by atoms with van der Waals surface area (Å²) in [6, 6.07) is 15.0. The van der Waals surface area contributed by atoms with E-state index in [4.69, 9.17) is 0 Å². The molecule has 1 fully saturated rings. The summed E-state index contributed by atoms with van der Waals surface area (Å²) in [7, 11) is 0. The maximum atomic E-state index is 12.6. The summed E-state index contributed by atoms with van der Waals surface area (Å²) in [4.78, 5) is 30.9. The van der Waals surface area contributed by atoms with E-state index in [1.54, 1.807) is 11.1 Å². The van der Waals surface area contributed by atoms with Crippen LogP contribution in [0.1, 0.15) is 31.9 Å². The lowest BCUT2D eigenvalue weighted by Gasteiger charge is -2.21. The van der Waals surface area contributed by atoms with Gasteiger partial charge >= 0.3 is 0 Å². The SMILES string of the molecule is C[C@H]1C[C@@H](NC(=O)CCCc2ccccn2)C(=O)N1c1ccccc1. The maximum absolute atomic E-state index is 12.6. The van der Waals surface area contributed by atoms with Gasteiger partial charge in [-0.1, -0.05) is 24.3 Å². The molecule has 1 aliphatic rings. The van der Waals surface area contributed by atoms with Crippen LogP contribution in [0.15, 0.2) is 54.7 Å². The second kappa shape index (κ2) is 7.92. The minimum absolute atomic E-state index is 0.0308. The van der Waals surface area contributed by atoms with Crippen molar-refractivity contribution >= 4 is 17.5 Å². The van der Waals surface area contributed by atoms with Crippen molar-refractivity contribution in [2.24, 2.45) is 0 Å². The lowest BCUT2D eigenvalue weighted by molar-refractivity contribution is -0.126. The van der Waals surface area contributed by atoms with E-state index in [-0.39, 0.29) is 17.9 Å². The Morgan fingerprint density at radius 3 is 2.68 bits per heavy atom. The van der Waals surface area contributed by atoms with Crippen LogP contribution >= 0.6 is 0 Å². The minimum atomic E-state index is -0.433. The minimum Gasteiger partial charge on any atom is -0.344 e. The first-order chi connectivity index (χ1) is 12.1. The number of pyridine rings is 1. The highest BCUT2D eigenvalue weighted by Gasteiger charge is 2.38. The molecule has 3 rings (SSSR count). The highest BCUT2D eigenvalue weighted by molar-refractivity contribution is 6.01. The van der Waals surface area contributed by atoms with Crippen LogP contribution in [0.25, 0.3) is 0 Å². The highest BCUT2D eigenvalue weighted by atomic mass is 16.2. The number of hydrogen-bond acceptors (Lipinski definition) is 3. The zero-order valence-corrected chi connectivity index (χ0v) is 14.4. The van der Waals surface area contributed by atoms with E-state index in [2.05, 4.69) is 10.3 Å². The van der Waals surface area contributed by atoms with E-state index in [1.165, 1.54) is 0 Å². The van der Waals surface area contributed by atoms with Gasteiger partial charge in [-0.2, -0.15) is 0 Å². The van der Waals surface area contributed by atoms with Crippen molar-refractivity contribution in [2.45, 2.75) is 44.7 Å². The molecule has 2 heterocycles. The molecule has 0 bridgehead atoms. The number of hydrogen-bond donors (Lipinski definition) is 1. The summed E-state index contributed by atoms with van der Waals surface area (Å²) in [6.07, 6.45) is 4.28. The zero-order valence-electron chi connectivity index (χ0n) is 14.4. The quantitative estimate of drug-likeness (QED) is 0.881. The Kier molecular flexibility index (Phi) is 5.43. The van der Waals surface area contributed by atoms with E-state index >= 15 is 0 Å². The first-order valence-electron chi connectivity index (χ1n) is 8.72. The van der Waals surface area contributed by atoms with Crippen molar-refractivity contribution in [2.75, 3.05) is 4.90 Å². The first-order valence-corrected chi connectivity index (χ1v) is 8.72. The largest absolute Gasteiger partial charge is 0.344 e. The van der Waals surface area contributed by atoms with Gasteiger partial charge in [0, 0.05) is 30.0 Å². The highest BCUT2D eigenvalue weighted by Crippen LogP contribution is 2.26. The Labute approximate surface area is 148 Å².